The molecule has 3 N–H and O–H groups in total. The van der Waals surface area contributed by atoms with Crippen molar-refractivity contribution in [3.05, 3.63) is 29.0 Å². The standard InChI is InChI=1S/C12H16ClFN2O/c1-12(2,11(15)16)6-7-17-10-8(13)4-3-5-9(10)14/h3-5H,6-7H2,1-2H3,(H3,15,16). The third-order valence-corrected chi connectivity index (χ3v) is 2.92. The molecule has 0 saturated heterocycles. The van der Waals surface area contributed by atoms with Crippen molar-refractivity contribution in [2.45, 2.75) is 20.3 Å². The van der Waals surface area contributed by atoms with Gasteiger partial charge in [-0.05, 0) is 18.6 Å². The first-order chi connectivity index (χ1) is 7.84. The molecule has 1 aromatic carbocycles. The molecule has 0 aliphatic rings. The fourth-order valence-electron chi connectivity index (χ4n) is 1.16. The summed E-state index contributed by atoms with van der Waals surface area (Å²) in [5.41, 5.74) is 4.98. The van der Waals surface area contributed by atoms with Gasteiger partial charge in [-0.2, -0.15) is 0 Å². The van der Waals surface area contributed by atoms with Crippen LogP contribution < -0.4 is 10.5 Å². The Balaban J connectivity index is 2.60. The lowest BCUT2D eigenvalue weighted by Gasteiger charge is -2.22. The molecular weight excluding hydrogens is 243 g/mol. The molecule has 0 unspecified atom stereocenters. The van der Waals surface area contributed by atoms with E-state index in [4.69, 9.17) is 27.5 Å². The van der Waals surface area contributed by atoms with E-state index in [0.29, 0.717) is 6.42 Å². The Labute approximate surface area is 105 Å². The number of nitrogens with one attached hydrogen (secondary N) is 1. The highest BCUT2D eigenvalue weighted by Crippen LogP contribution is 2.28. The Kier molecular flexibility index (Phi) is 4.34. The number of hydrogen-bond donors (Lipinski definition) is 2. The molecule has 0 bridgehead atoms. The fourth-order valence-corrected chi connectivity index (χ4v) is 1.38. The van der Waals surface area contributed by atoms with Crippen molar-refractivity contribution in [2.24, 2.45) is 11.1 Å². The summed E-state index contributed by atoms with van der Waals surface area (Å²) < 4.78 is 18.6. The molecule has 94 valence electrons. The lowest BCUT2D eigenvalue weighted by molar-refractivity contribution is 0.258. The Bertz CT molecular complexity index is 401. The van der Waals surface area contributed by atoms with Crippen molar-refractivity contribution in [3.63, 3.8) is 0 Å². The number of benzene rings is 1. The van der Waals surface area contributed by atoms with E-state index in [-0.39, 0.29) is 23.2 Å². The molecule has 0 aromatic heterocycles. The second-order valence-electron chi connectivity index (χ2n) is 4.45. The summed E-state index contributed by atoms with van der Waals surface area (Å²) >= 11 is 5.81. The number of halogens is 2. The Morgan fingerprint density at radius 1 is 1.53 bits per heavy atom. The van der Waals surface area contributed by atoms with Gasteiger partial charge in [0.2, 0.25) is 0 Å². The van der Waals surface area contributed by atoms with Gasteiger partial charge in [0.1, 0.15) is 0 Å². The Morgan fingerprint density at radius 3 is 2.71 bits per heavy atom. The van der Waals surface area contributed by atoms with E-state index < -0.39 is 11.2 Å². The largest absolute Gasteiger partial charge is 0.489 e. The highest BCUT2D eigenvalue weighted by molar-refractivity contribution is 6.32. The smallest absolute Gasteiger partial charge is 0.173 e. The number of hydrogen-bond acceptors (Lipinski definition) is 2. The zero-order valence-corrected chi connectivity index (χ0v) is 10.6. The van der Waals surface area contributed by atoms with Crippen LogP contribution in [0.15, 0.2) is 18.2 Å². The Hall–Kier alpha value is -1.29. The average Bonchev–Trinajstić information content (AvgIpc) is 2.22. The van der Waals surface area contributed by atoms with Crippen LogP contribution >= 0.6 is 11.6 Å². The highest BCUT2D eigenvalue weighted by atomic mass is 35.5. The van der Waals surface area contributed by atoms with Crippen LogP contribution in [0.3, 0.4) is 0 Å². The lowest BCUT2D eigenvalue weighted by atomic mass is 9.88. The molecule has 17 heavy (non-hydrogen) atoms. The minimum Gasteiger partial charge on any atom is -0.489 e. The summed E-state index contributed by atoms with van der Waals surface area (Å²) in [5, 5.41) is 7.63. The zero-order valence-electron chi connectivity index (χ0n) is 9.89. The van der Waals surface area contributed by atoms with Gasteiger partial charge < -0.3 is 10.5 Å². The van der Waals surface area contributed by atoms with Gasteiger partial charge in [0, 0.05) is 5.41 Å². The summed E-state index contributed by atoms with van der Waals surface area (Å²) in [6.07, 6.45) is 0.521. The van der Waals surface area contributed by atoms with Crippen LogP contribution in [0.4, 0.5) is 4.39 Å². The molecular formula is C12H16ClFN2O. The van der Waals surface area contributed by atoms with E-state index in [0.717, 1.165) is 0 Å². The predicted octanol–water partition coefficient (Wildman–Crippen LogP) is 3.21. The number of amidine groups is 1. The Morgan fingerprint density at radius 2 is 2.18 bits per heavy atom. The molecule has 0 saturated carbocycles. The number of ether oxygens (including phenoxy) is 1. The second-order valence-corrected chi connectivity index (χ2v) is 4.85. The van der Waals surface area contributed by atoms with Gasteiger partial charge in [-0.15, -0.1) is 0 Å². The van der Waals surface area contributed by atoms with E-state index >= 15 is 0 Å². The number of para-hydroxylation sites is 1. The number of rotatable bonds is 5. The van der Waals surface area contributed by atoms with E-state index in [2.05, 4.69) is 0 Å². The van der Waals surface area contributed by atoms with Gasteiger partial charge in [0.05, 0.1) is 17.5 Å². The van der Waals surface area contributed by atoms with Crippen molar-refractivity contribution in [1.29, 1.82) is 5.41 Å². The van der Waals surface area contributed by atoms with E-state index in [1.165, 1.54) is 12.1 Å². The van der Waals surface area contributed by atoms with Gasteiger partial charge in [-0.1, -0.05) is 31.5 Å². The SMILES string of the molecule is CC(C)(CCOc1c(F)cccc1Cl)C(=N)N. The average molecular weight is 259 g/mol. The van der Waals surface area contributed by atoms with Crippen molar-refractivity contribution in [2.75, 3.05) is 6.61 Å². The summed E-state index contributed by atoms with van der Waals surface area (Å²) in [5.74, 6) is -0.354. The van der Waals surface area contributed by atoms with Crippen LogP contribution in [0.25, 0.3) is 0 Å². The molecule has 0 aliphatic carbocycles. The predicted molar refractivity (Wildman–Crippen MR) is 67.2 cm³/mol. The topological polar surface area (TPSA) is 59.1 Å². The number of nitrogens with two attached hydrogens (primary N) is 1. The molecule has 5 heteroatoms. The van der Waals surface area contributed by atoms with E-state index in [1.54, 1.807) is 6.07 Å². The first-order valence-corrected chi connectivity index (χ1v) is 5.63. The maximum absolute atomic E-state index is 13.4. The molecule has 0 heterocycles. The van der Waals surface area contributed by atoms with E-state index in [9.17, 15) is 4.39 Å². The molecule has 3 nitrogen and oxygen atoms in total. The van der Waals surface area contributed by atoms with Crippen LogP contribution in [-0.2, 0) is 0 Å². The lowest BCUT2D eigenvalue weighted by Crippen LogP contribution is -2.32. The van der Waals surface area contributed by atoms with Gasteiger partial charge in [-0.25, -0.2) is 4.39 Å². The maximum atomic E-state index is 13.4. The van der Waals surface area contributed by atoms with E-state index in [1.807, 2.05) is 13.8 Å². The van der Waals surface area contributed by atoms with Crippen LogP contribution in [-0.4, -0.2) is 12.4 Å². The zero-order chi connectivity index (χ0) is 13.1. The molecule has 1 rings (SSSR count). The first-order valence-electron chi connectivity index (χ1n) is 5.26. The molecule has 0 aliphatic heterocycles. The maximum Gasteiger partial charge on any atom is 0.173 e. The van der Waals surface area contributed by atoms with Gasteiger partial charge in [0.25, 0.3) is 0 Å². The van der Waals surface area contributed by atoms with Crippen molar-refractivity contribution in [3.8, 4) is 5.75 Å². The molecule has 0 radical (unpaired) electrons. The van der Waals surface area contributed by atoms with Crippen LogP contribution in [0.5, 0.6) is 5.75 Å². The second kappa shape index (κ2) is 5.36. The van der Waals surface area contributed by atoms with Gasteiger partial charge >= 0.3 is 0 Å². The normalized spacial score (nSPS) is 11.3. The monoisotopic (exact) mass is 258 g/mol. The third-order valence-electron chi connectivity index (χ3n) is 2.62. The minimum atomic E-state index is -0.488. The quantitative estimate of drug-likeness (QED) is 0.629. The minimum absolute atomic E-state index is 0.0496. The van der Waals surface area contributed by atoms with Crippen LogP contribution in [0, 0.1) is 16.6 Å². The summed E-state index contributed by atoms with van der Waals surface area (Å²) in [6, 6.07) is 4.37. The molecule has 1 aromatic rings. The molecule has 0 fully saturated rings. The fraction of sp³-hybridized carbons (Fsp3) is 0.417. The summed E-state index contributed by atoms with van der Waals surface area (Å²) in [4.78, 5) is 0. The molecule has 0 spiro atoms. The third kappa shape index (κ3) is 3.60. The van der Waals surface area contributed by atoms with Crippen molar-refractivity contribution in [1.82, 2.24) is 0 Å². The first kappa shape index (κ1) is 13.8. The van der Waals surface area contributed by atoms with Gasteiger partial charge in [-0.3, -0.25) is 5.41 Å². The van der Waals surface area contributed by atoms with Gasteiger partial charge in [0.15, 0.2) is 11.6 Å². The van der Waals surface area contributed by atoms with Crippen LogP contribution in [0.1, 0.15) is 20.3 Å². The van der Waals surface area contributed by atoms with Crippen LogP contribution in [0.2, 0.25) is 5.02 Å². The van der Waals surface area contributed by atoms with Crippen molar-refractivity contribution < 1.29 is 9.13 Å². The summed E-state index contributed by atoms with van der Waals surface area (Å²) in [7, 11) is 0. The highest BCUT2D eigenvalue weighted by Gasteiger charge is 2.21. The van der Waals surface area contributed by atoms with Crippen molar-refractivity contribution >= 4 is 17.4 Å². The molecule has 0 atom stereocenters. The molecule has 0 amide bonds. The summed E-state index contributed by atoms with van der Waals surface area (Å²) in [6.45, 7) is 3.93.